The zero-order valence-electron chi connectivity index (χ0n) is 17.5. The van der Waals surface area contributed by atoms with Gasteiger partial charge in [0.15, 0.2) is 0 Å². The van der Waals surface area contributed by atoms with Crippen molar-refractivity contribution in [3.63, 3.8) is 0 Å². The van der Waals surface area contributed by atoms with Gasteiger partial charge >= 0.3 is 5.97 Å². The minimum Gasteiger partial charge on any atom is -0.481 e. The first-order valence-corrected chi connectivity index (χ1v) is 13.0. The monoisotopic (exact) mass is 408 g/mol. The molecule has 160 valence electrons. The van der Waals surface area contributed by atoms with Gasteiger partial charge in [0.2, 0.25) is 0 Å². The Hall–Kier alpha value is -0.480. The van der Waals surface area contributed by atoms with Gasteiger partial charge in [-0.05, 0) is 55.6 Å². The number of allylic oxidation sites excluding steroid dienone is 1. The Morgan fingerprint density at radius 2 is 1.68 bits per heavy atom. The van der Waals surface area contributed by atoms with Gasteiger partial charge in [-0.1, -0.05) is 63.5 Å². The topological polar surface area (TPSA) is 46.5 Å². The first-order valence-electron chi connectivity index (χ1n) is 11.8. The fourth-order valence-electron chi connectivity index (χ4n) is 5.56. The number of hydrogen-bond donors (Lipinski definition) is 1. The maximum atomic E-state index is 10.6. The number of unbranched alkanes of at least 4 members (excludes halogenated alkanes) is 3. The molecule has 0 aromatic rings. The van der Waals surface area contributed by atoms with Crippen molar-refractivity contribution in [1.29, 1.82) is 0 Å². The van der Waals surface area contributed by atoms with Crippen molar-refractivity contribution < 1.29 is 14.6 Å². The van der Waals surface area contributed by atoms with E-state index in [-0.39, 0.29) is 0 Å². The first kappa shape index (κ1) is 22.2. The zero-order valence-corrected chi connectivity index (χ0v) is 18.3. The lowest BCUT2D eigenvalue weighted by Crippen LogP contribution is -2.29. The highest BCUT2D eigenvalue weighted by molar-refractivity contribution is 7.99. The molecule has 0 amide bonds. The predicted octanol–water partition coefficient (Wildman–Crippen LogP) is 6.47. The van der Waals surface area contributed by atoms with Gasteiger partial charge in [-0.25, -0.2) is 0 Å². The number of aliphatic carboxylic acids is 1. The lowest BCUT2D eigenvalue weighted by atomic mass is 9.77. The van der Waals surface area contributed by atoms with Crippen LogP contribution in [0.1, 0.15) is 89.9 Å². The second-order valence-electron chi connectivity index (χ2n) is 9.21. The van der Waals surface area contributed by atoms with Gasteiger partial charge in [-0.2, -0.15) is 11.8 Å². The minimum atomic E-state index is -0.661. The number of rotatable bonds is 13. The highest BCUT2D eigenvalue weighted by atomic mass is 32.2. The molecule has 3 fully saturated rings. The maximum Gasteiger partial charge on any atom is 0.303 e. The summed E-state index contributed by atoms with van der Waals surface area (Å²) in [6, 6.07) is 0. The third-order valence-corrected chi connectivity index (χ3v) is 8.20. The largest absolute Gasteiger partial charge is 0.481 e. The van der Waals surface area contributed by atoms with E-state index in [0.717, 1.165) is 36.3 Å². The van der Waals surface area contributed by atoms with E-state index in [1.54, 1.807) is 0 Å². The molecule has 3 nitrogen and oxygen atoms in total. The molecule has 2 saturated heterocycles. The molecular weight excluding hydrogens is 368 g/mol. The molecule has 0 aromatic carbocycles. The summed E-state index contributed by atoms with van der Waals surface area (Å²) in [6.45, 7) is 0. The Labute approximate surface area is 176 Å². The van der Waals surface area contributed by atoms with Crippen LogP contribution in [-0.4, -0.2) is 34.8 Å². The van der Waals surface area contributed by atoms with E-state index in [4.69, 9.17) is 9.84 Å². The fourth-order valence-corrected chi connectivity index (χ4v) is 6.71. The van der Waals surface area contributed by atoms with Crippen molar-refractivity contribution in [2.45, 2.75) is 102 Å². The molecule has 2 heterocycles. The third-order valence-electron chi connectivity index (χ3n) is 7.15. The Morgan fingerprint density at radius 3 is 2.46 bits per heavy atom. The van der Waals surface area contributed by atoms with Crippen LogP contribution in [0.3, 0.4) is 0 Å². The molecule has 1 N–H and O–H groups in total. The highest BCUT2D eigenvalue weighted by Crippen LogP contribution is 2.46. The Kier molecular flexibility index (Phi) is 9.73. The molecule has 28 heavy (non-hydrogen) atoms. The SMILES string of the molecule is O=C(O)CCCCCCC1C2CCC(O2)C1CSCC=CCC1CCCCC1. The Balaban J connectivity index is 1.29. The number of carboxylic acids is 1. The van der Waals surface area contributed by atoms with Crippen LogP contribution in [0.15, 0.2) is 12.2 Å². The predicted molar refractivity (Wildman–Crippen MR) is 118 cm³/mol. The van der Waals surface area contributed by atoms with E-state index >= 15 is 0 Å². The Morgan fingerprint density at radius 1 is 0.929 bits per heavy atom. The van der Waals surface area contributed by atoms with E-state index < -0.39 is 5.97 Å². The summed E-state index contributed by atoms with van der Waals surface area (Å²) in [5, 5.41) is 8.73. The fraction of sp³-hybridized carbons (Fsp3) is 0.875. The van der Waals surface area contributed by atoms with Gasteiger partial charge in [-0.15, -0.1) is 0 Å². The van der Waals surface area contributed by atoms with Gasteiger partial charge in [-0.3, -0.25) is 4.79 Å². The number of carboxylic acid groups (broad SMARTS) is 1. The summed E-state index contributed by atoms with van der Waals surface area (Å²) in [7, 11) is 0. The van der Waals surface area contributed by atoms with Crippen LogP contribution < -0.4 is 0 Å². The molecule has 4 atom stereocenters. The maximum absolute atomic E-state index is 10.6. The third kappa shape index (κ3) is 7.09. The van der Waals surface area contributed by atoms with Crippen molar-refractivity contribution in [3.05, 3.63) is 12.2 Å². The standard InChI is InChI=1S/C24H40O3S/c25-24(26)14-7-2-1-6-13-20-21(23-16-15-22(20)27-23)18-28-17-9-8-12-19-10-4-3-5-11-19/h8-9,19-23H,1-7,10-18H2,(H,25,26). The smallest absolute Gasteiger partial charge is 0.303 e. The van der Waals surface area contributed by atoms with Crippen LogP contribution in [0, 0.1) is 17.8 Å². The van der Waals surface area contributed by atoms with Crippen molar-refractivity contribution in [3.8, 4) is 0 Å². The van der Waals surface area contributed by atoms with Gasteiger partial charge < -0.3 is 9.84 Å². The number of ether oxygens (including phenoxy) is 1. The molecule has 0 aromatic heterocycles. The Bertz CT molecular complexity index is 486. The molecule has 1 aliphatic carbocycles. The van der Waals surface area contributed by atoms with Gasteiger partial charge in [0.1, 0.15) is 0 Å². The molecule has 3 rings (SSSR count). The van der Waals surface area contributed by atoms with E-state index in [9.17, 15) is 4.79 Å². The summed E-state index contributed by atoms with van der Waals surface area (Å²) < 4.78 is 6.26. The number of thioether (sulfide) groups is 1. The summed E-state index contributed by atoms with van der Waals surface area (Å²) in [5.41, 5.74) is 0. The van der Waals surface area contributed by atoms with Crippen molar-refractivity contribution >= 4 is 17.7 Å². The van der Waals surface area contributed by atoms with Crippen LogP contribution in [-0.2, 0) is 9.53 Å². The first-order chi connectivity index (χ1) is 13.7. The molecule has 1 saturated carbocycles. The van der Waals surface area contributed by atoms with Gasteiger partial charge in [0, 0.05) is 12.2 Å². The summed E-state index contributed by atoms with van der Waals surface area (Å²) >= 11 is 2.10. The molecular formula is C24H40O3S. The zero-order chi connectivity index (χ0) is 19.6. The second kappa shape index (κ2) is 12.3. The highest BCUT2D eigenvalue weighted by Gasteiger charge is 2.47. The molecule has 2 aliphatic heterocycles. The van der Waals surface area contributed by atoms with Crippen molar-refractivity contribution in [2.75, 3.05) is 11.5 Å². The molecule has 2 bridgehead atoms. The van der Waals surface area contributed by atoms with Gasteiger partial charge in [0.25, 0.3) is 0 Å². The number of fused-ring (bicyclic) bond motifs is 2. The summed E-state index contributed by atoms with van der Waals surface area (Å²) in [6.07, 6.45) is 22.8. The summed E-state index contributed by atoms with van der Waals surface area (Å²) in [5.74, 6) is 4.19. The molecule has 0 spiro atoms. The number of carbonyl (C=O) groups is 1. The van der Waals surface area contributed by atoms with Crippen LogP contribution >= 0.6 is 11.8 Å². The molecule has 4 unspecified atom stereocenters. The van der Waals surface area contributed by atoms with E-state index in [2.05, 4.69) is 23.9 Å². The molecule has 0 radical (unpaired) electrons. The second-order valence-corrected chi connectivity index (χ2v) is 10.3. The van der Waals surface area contributed by atoms with E-state index in [1.807, 2.05) is 0 Å². The number of hydrogen-bond acceptors (Lipinski definition) is 3. The van der Waals surface area contributed by atoms with Gasteiger partial charge in [0.05, 0.1) is 12.2 Å². The van der Waals surface area contributed by atoms with E-state index in [1.165, 1.54) is 76.4 Å². The van der Waals surface area contributed by atoms with Crippen LogP contribution in [0.25, 0.3) is 0 Å². The summed E-state index contributed by atoms with van der Waals surface area (Å²) in [4.78, 5) is 10.6. The quantitative estimate of drug-likeness (QED) is 0.280. The lowest BCUT2D eigenvalue weighted by Gasteiger charge is -2.27. The van der Waals surface area contributed by atoms with E-state index in [0.29, 0.717) is 18.6 Å². The average molecular weight is 409 g/mol. The lowest BCUT2D eigenvalue weighted by molar-refractivity contribution is -0.137. The van der Waals surface area contributed by atoms with Crippen molar-refractivity contribution in [2.24, 2.45) is 17.8 Å². The van der Waals surface area contributed by atoms with Crippen molar-refractivity contribution in [1.82, 2.24) is 0 Å². The normalized spacial score (nSPS) is 30.4. The average Bonchev–Trinajstić information content (AvgIpc) is 3.30. The van der Waals surface area contributed by atoms with Crippen LogP contribution in [0.2, 0.25) is 0 Å². The van der Waals surface area contributed by atoms with Crippen LogP contribution in [0.5, 0.6) is 0 Å². The van der Waals surface area contributed by atoms with Crippen LogP contribution in [0.4, 0.5) is 0 Å². The minimum absolute atomic E-state index is 0.324. The molecule has 3 aliphatic rings. The molecule has 4 heteroatoms.